The van der Waals surface area contributed by atoms with Crippen LogP contribution in [0.15, 0.2) is 24.3 Å². The number of aromatic nitrogens is 5. The zero-order chi connectivity index (χ0) is 25.7. The van der Waals surface area contributed by atoms with Gasteiger partial charge in [0.15, 0.2) is 5.65 Å². The van der Waals surface area contributed by atoms with E-state index in [0.717, 1.165) is 11.6 Å². The Labute approximate surface area is 208 Å². The van der Waals surface area contributed by atoms with Gasteiger partial charge in [0.2, 0.25) is 5.91 Å². The minimum atomic E-state index is -4.57. The Morgan fingerprint density at radius 3 is 2.34 bits per heavy atom. The third-order valence-corrected chi connectivity index (χ3v) is 6.31. The van der Waals surface area contributed by atoms with Crippen molar-refractivity contribution in [3.63, 3.8) is 0 Å². The summed E-state index contributed by atoms with van der Waals surface area (Å²) in [5.41, 5.74) is 2.21. The number of hydrogen-bond acceptors (Lipinski definition) is 4. The number of hydrogen-bond donors (Lipinski definition) is 1. The van der Waals surface area contributed by atoms with Gasteiger partial charge in [0.1, 0.15) is 6.54 Å². The van der Waals surface area contributed by atoms with Gasteiger partial charge in [-0.15, -0.1) is 0 Å². The number of carbonyl (C=O) groups is 1. The fourth-order valence-corrected chi connectivity index (χ4v) is 4.29. The molecule has 4 aromatic rings. The first-order valence-corrected chi connectivity index (χ1v) is 11.3. The maximum absolute atomic E-state index is 13.6. The number of carbonyl (C=O) groups excluding carboxylic acids is 1. The lowest BCUT2D eigenvalue weighted by Gasteiger charge is -2.10. The molecule has 0 radical (unpaired) electrons. The molecule has 4 rings (SSSR count). The standard InChI is InChI=1S/C23H21Cl2F3N6O/c1-11-7-16(23(26,27)28)20-12(2)31-34(22(20)29-11)10-19(35)30-21-13(3)32-33(14(21)4)9-15-5-6-17(24)18(25)8-15/h5-8H,9-10H2,1-4H3,(H,30,35). The van der Waals surface area contributed by atoms with Crippen LogP contribution in [-0.2, 0) is 24.1 Å². The number of nitrogens with zero attached hydrogens (tertiary/aromatic N) is 5. The largest absolute Gasteiger partial charge is 0.417 e. The van der Waals surface area contributed by atoms with Gasteiger partial charge in [-0.3, -0.25) is 9.48 Å². The van der Waals surface area contributed by atoms with Crippen LogP contribution in [-0.4, -0.2) is 30.5 Å². The molecule has 7 nitrogen and oxygen atoms in total. The number of fused-ring (bicyclic) bond motifs is 1. The van der Waals surface area contributed by atoms with Gasteiger partial charge in [0.25, 0.3) is 0 Å². The molecule has 0 saturated carbocycles. The van der Waals surface area contributed by atoms with E-state index in [1.807, 2.05) is 6.07 Å². The molecule has 35 heavy (non-hydrogen) atoms. The number of aryl methyl sites for hydroxylation is 3. The van der Waals surface area contributed by atoms with E-state index < -0.39 is 17.6 Å². The van der Waals surface area contributed by atoms with Crippen LogP contribution in [0, 0.1) is 27.7 Å². The number of amides is 1. The second-order valence-electron chi connectivity index (χ2n) is 8.25. The van der Waals surface area contributed by atoms with Crippen molar-refractivity contribution in [2.75, 3.05) is 5.32 Å². The Bertz CT molecular complexity index is 1460. The van der Waals surface area contributed by atoms with Gasteiger partial charge in [0.05, 0.1) is 50.3 Å². The number of nitrogens with one attached hydrogen (secondary N) is 1. The summed E-state index contributed by atoms with van der Waals surface area (Å²) in [4.78, 5) is 17.1. The highest BCUT2D eigenvalue weighted by atomic mass is 35.5. The molecular weight excluding hydrogens is 504 g/mol. The third-order valence-electron chi connectivity index (χ3n) is 5.57. The van der Waals surface area contributed by atoms with Crippen LogP contribution in [0.2, 0.25) is 10.0 Å². The van der Waals surface area contributed by atoms with Crippen molar-refractivity contribution >= 4 is 45.8 Å². The van der Waals surface area contributed by atoms with Crippen LogP contribution in [0.25, 0.3) is 11.0 Å². The quantitative estimate of drug-likeness (QED) is 0.354. The summed E-state index contributed by atoms with van der Waals surface area (Å²) in [6.45, 7) is 6.59. The van der Waals surface area contributed by atoms with Gasteiger partial charge in [-0.2, -0.15) is 23.4 Å². The second-order valence-corrected chi connectivity index (χ2v) is 9.07. The van der Waals surface area contributed by atoms with Crippen LogP contribution in [0.3, 0.4) is 0 Å². The van der Waals surface area contributed by atoms with E-state index in [0.29, 0.717) is 33.7 Å². The normalized spacial score (nSPS) is 11.9. The average molecular weight is 525 g/mol. The van der Waals surface area contributed by atoms with Crippen molar-refractivity contribution in [2.45, 2.75) is 47.0 Å². The highest BCUT2D eigenvalue weighted by Crippen LogP contribution is 2.36. The molecule has 0 aliphatic heterocycles. The Morgan fingerprint density at radius 2 is 1.69 bits per heavy atom. The van der Waals surface area contributed by atoms with Crippen LogP contribution in [0.4, 0.5) is 18.9 Å². The summed E-state index contributed by atoms with van der Waals surface area (Å²) >= 11 is 12.1. The first kappa shape index (κ1) is 25.0. The molecule has 3 heterocycles. The van der Waals surface area contributed by atoms with Gasteiger partial charge in [-0.25, -0.2) is 9.67 Å². The number of anilines is 1. The SMILES string of the molecule is Cc1cc(C(F)(F)F)c2c(C)nn(CC(=O)Nc3c(C)nn(Cc4ccc(Cl)c(Cl)c4)c3C)c2n1. The van der Waals surface area contributed by atoms with E-state index in [9.17, 15) is 18.0 Å². The van der Waals surface area contributed by atoms with Gasteiger partial charge < -0.3 is 5.32 Å². The number of pyridine rings is 1. The van der Waals surface area contributed by atoms with E-state index >= 15 is 0 Å². The first-order valence-electron chi connectivity index (χ1n) is 10.5. The van der Waals surface area contributed by atoms with Gasteiger partial charge in [-0.05, 0) is 51.5 Å². The van der Waals surface area contributed by atoms with E-state index in [4.69, 9.17) is 23.2 Å². The molecule has 184 valence electrons. The number of benzene rings is 1. The number of halogens is 5. The molecule has 0 unspecified atom stereocenters. The molecule has 1 aromatic carbocycles. The Morgan fingerprint density at radius 1 is 1.00 bits per heavy atom. The lowest BCUT2D eigenvalue weighted by Crippen LogP contribution is -2.20. The molecule has 12 heteroatoms. The molecule has 3 aromatic heterocycles. The molecule has 0 atom stereocenters. The van der Waals surface area contributed by atoms with Crippen LogP contribution >= 0.6 is 23.2 Å². The maximum Gasteiger partial charge on any atom is 0.417 e. The molecular formula is C23H21Cl2F3N6O. The van der Waals surface area contributed by atoms with E-state index in [2.05, 4.69) is 20.5 Å². The lowest BCUT2D eigenvalue weighted by atomic mass is 10.1. The lowest BCUT2D eigenvalue weighted by molar-refractivity contribution is -0.136. The Balaban J connectivity index is 1.59. The van der Waals surface area contributed by atoms with Crippen LogP contribution in [0.1, 0.15) is 33.9 Å². The molecule has 0 spiro atoms. The molecule has 1 amide bonds. The minimum Gasteiger partial charge on any atom is -0.321 e. The van der Waals surface area contributed by atoms with Crippen molar-refractivity contribution in [3.8, 4) is 0 Å². The zero-order valence-corrected chi connectivity index (χ0v) is 20.8. The van der Waals surface area contributed by atoms with E-state index in [-0.39, 0.29) is 29.0 Å². The van der Waals surface area contributed by atoms with Crippen molar-refractivity contribution in [2.24, 2.45) is 0 Å². The highest BCUT2D eigenvalue weighted by molar-refractivity contribution is 6.42. The molecule has 0 aliphatic carbocycles. The van der Waals surface area contributed by atoms with E-state index in [1.165, 1.54) is 18.5 Å². The van der Waals surface area contributed by atoms with Gasteiger partial charge >= 0.3 is 6.18 Å². The maximum atomic E-state index is 13.6. The fourth-order valence-electron chi connectivity index (χ4n) is 3.97. The molecule has 0 bridgehead atoms. The van der Waals surface area contributed by atoms with Crippen molar-refractivity contribution in [1.82, 2.24) is 24.5 Å². The average Bonchev–Trinajstić information content (AvgIpc) is 3.20. The summed E-state index contributed by atoms with van der Waals surface area (Å²) in [5, 5.41) is 12.2. The second kappa shape index (κ2) is 9.16. The summed E-state index contributed by atoms with van der Waals surface area (Å²) in [6.07, 6.45) is -4.57. The fraction of sp³-hybridized carbons (Fsp3) is 0.304. The molecule has 0 saturated heterocycles. The molecule has 0 fully saturated rings. The molecule has 1 N–H and O–H groups in total. The summed E-state index contributed by atoms with van der Waals surface area (Å²) in [6, 6.07) is 6.26. The predicted molar refractivity (Wildman–Crippen MR) is 128 cm³/mol. The number of alkyl halides is 3. The van der Waals surface area contributed by atoms with Gasteiger partial charge in [-0.1, -0.05) is 29.3 Å². The van der Waals surface area contributed by atoms with Crippen molar-refractivity contribution < 1.29 is 18.0 Å². The summed E-state index contributed by atoms with van der Waals surface area (Å²) < 4.78 is 43.6. The monoisotopic (exact) mass is 524 g/mol. The van der Waals surface area contributed by atoms with E-state index in [1.54, 1.807) is 30.7 Å². The summed E-state index contributed by atoms with van der Waals surface area (Å²) in [7, 11) is 0. The summed E-state index contributed by atoms with van der Waals surface area (Å²) in [5.74, 6) is -0.466. The van der Waals surface area contributed by atoms with Crippen LogP contribution in [0.5, 0.6) is 0 Å². The predicted octanol–water partition coefficient (Wildman–Crippen LogP) is 5.87. The van der Waals surface area contributed by atoms with Crippen LogP contribution < -0.4 is 5.32 Å². The molecule has 0 aliphatic rings. The van der Waals surface area contributed by atoms with Crippen molar-refractivity contribution in [1.29, 1.82) is 0 Å². The topological polar surface area (TPSA) is 77.6 Å². The van der Waals surface area contributed by atoms with Crippen molar-refractivity contribution in [3.05, 3.63) is 68.2 Å². The Hall–Kier alpha value is -3.11. The minimum absolute atomic E-state index is 0.00808. The Kier molecular flexibility index (Phi) is 6.54. The zero-order valence-electron chi connectivity index (χ0n) is 19.3. The third kappa shape index (κ3) is 4.99. The smallest absolute Gasteiger partial charge is 0.321 e. The highest BCUT2D eigenvalue weighted by Gasteiger charge is 2.35. The number of rotatable bonds is 5. The first-order chi connectivity index (χ1) is 16.3. The van der Waals surface area contributed by atoms with Gasteiger partial charge in [0, 0.05) is 5.69 Å².